The van der Waals surface area contributed by atoms with Crippen molar-refractivity contribution in [3.63, 3.8) is 0 Å². The third kappa shape index (κ3) is 5.77. The van der Waals surface area contributed by atoms with Crippen molar-refractivity contribution in [2.45, 2.75) is 6.42 Å². The normalized spacial score (nSPS) is 11.6. The largest absolute Gasteiger partial charge is 0.311 e. The summed E-state index contributed by atoms with van der Waals surface area (Å²) in [6.45, 7) is 0. The van der Waals surface area contributed by atoms with Gasteiger partial charge in [-0.25, -0.2) is 0 Å². The molecule has 1 aliphatic carbocycles. The summed E-state index contributed by atoms with van der Waals surface area (Å²) in [5.74, 6) is 0. The molecule has 0 unspecified atom stereocenters. The molecule has 54 heavy (non-hydrogen) atoms. The molecule has 1 nitrogen and oxygen atoms in total. The van der Waals surface area contributed by atoms with Crippen molar-refractivity contribution in [2.75, 3.05) is 4.90 Å². The molecule has 0 spiro atoms. The molecular formula is C53H37N. The van der Waals surface area contributed by atoms with E-state index in [0.29, 0.717) is 0 Å². The van der Waals surface area contributed by atoms with Crippen molar-refractivity contribution in [1.29, 1.82) is 0 Å². The number of fused-ring (bicyclic) bond motifs is 4. The SMILES string of the molecule is c1ccc(-c2ccc(N(c3ccc(-c4ccc5ccccc5c4)cc3)c3ccc(-c4ccc5c(c4-c4ccccc4)Cc4ccccc4-5)cc3)cc2)cc1. The van der Waals surface area contributed by atoms with Crippen molar-refractivity contribution in [3.05, 3.63) is 223 Å². The van der Waals surface area contributed by atoms with Crippen molar-refractivity contribution in [3.8, 4) is 55.6 Å². The topological polar surface area (TPSA) is 3.24 Å². The predicted octanol–water partition coefficient (Wildman–Crippen LogP) is 14.5. The van der Waals surface area contributed by atoms with E-state index >= 15 is 0 Å². The highest BCUT2D eigenvalue weighted by Gasteiger charge is 2.24. The van der Waals surface area contributed by atoms with Gasteiger partial charge in [0, 0.05) is 17.1 Å². The van der Waals surface area contributed by atoms with Gasteiger partial charge in [-0.1, -0.05) is 170 Å². The summed E-state index contributed by atoms with van der Waals surface area (Å²) in [5, 5.41) is 2.51. The Hall–Kier alpha value is -6.96. The Morgan fingerprint density at radius 3 is 1.44 bits per heavy atom. The second-order valence-electron chi connectivity index (χ2n) is 14.1. The van der Waals surface area contributed by atoms with E-state index in [9.17, 15) is 0 Å². The minimum atomic E-state index is 0.948. The van der Waals surface area contributed by atoms with E-state index in [4.69, 9.17) is 0 Å². The minimum absolute atomic E-state index is 0.948. The van der Waals surface area contributed by atoms with Gasteiger partial charge in [-0.05, 0) is 126 Å². The second kappa shape index (κ2) is 13.5. The Labute approximate surface area is 317 Å². The van der Waals surface area contributed by atoms with Crippen LogP contribution >= 0.6 is 0 Å². The van der Waals surface area contributed by atoms with Crippen LogP contribution < -0.4 is 4.90 Å². The Morgan fingerprint density at radius 1 is 0.296 bits per heavy atom. The predicted molar refractivity (Wildman–Crippen MR) is 229 cm³/mol. The zero-order chi connectivity index (χ0) is 35.8. The lowest BCUT2D eigenvalue weighted by Crippen LogP contribution is -2.09. The first kappa shape index (κ1) is 31.7. The van der Waals surface area contributed by atoms with Crippen LogP contribution in [0.25, 0.3) is 66.4 Å². The first-order chi connectivity index (χ1) is 26.8. The van der Waals surface area contributed by atoms with Gasteiger partial charge in [0.1, 0.15) is 0 Å². The van der Waals surface area contributed by atoms with E-state index in [0.717, 1.165) is 23.5 Å². The van der Waals surface area contributed by atoms with Gasteiger partial charge in [-0.3, -0.25) is 0 Å². The summed E-state index contributed by atoms with van der Waals surface area (Å²) in [6.07, 6.45) is 0.948. The second-order valence-corrected chi connectivity index (χ2v) is 14.1. The average Bonchev–Trinajstić information content (AvgIpc) is 3.63. The van der Waals surface area contributed by atoms with E-state index in [2.05, 4.69) is 217 Å². The fourth-order valence-corrected chi connectivity index (χ4v) is 8.23. The highest BCUT2D eigenvalue weighted by molar-refractivity contribution is 5.94. The number of anilines is 3. The van der Waals surface area contributed by atoms with Crippen molar-refractivity contribution in [1.82, 2.24) is 0 Å². The molecule has 0 radical (unpaired) electrons. The molecular weight excluding hydrogens is 651 g/mol. The van der Waals surface area contributed by atoms with E-state index in [1.807, 2.05) is 0 Å². The molecule has 9 aromatic rings. The fourth-order valence-electron chi connectivity index (χ4n) is 8.23. The summed E-state index contributed by atoms with van der Waals surface area (Å²) >= 11 is 0. The molecule has 254 valence electrons. The van der Waals surface area contributed by atoms with Crippen LogP contribution in [0.4, 0.5) is 17.1 Å². The summed E-state index contributed by atoms with van der Waals surface area (Å²) in [7, 11) is 0. The van der Waals surface area contributed by atoms with E-state index in [1.165, 1.54) is 77.5 Å². The van der Waals surface area contributed by atoms with Gasteiger partial charge in [-0.15, -0.1) is 0 Å². The molecule has 0 amide bonds. The van der Waals surface area contributed by atoms with E-state index < -0.39 is 0 Å². The van der Waals surface area contributed by atoms with Crippen LogP contribution in [0.1, 0.15) is 11.1 Å². The van der Waals surface area contributed by atoms with Crippen molar-refractivity contribution in [2.24, 2.45) is 0 Å². The molecule has 0 saturated heterocycles. The molecule has 0 N–H and O–H groups in total. The summed E-state index contributed by atoms with van der Waals surface area (Å²) in [4.78, 5) is 2.36. The Kier molecular flexibility index (Phi) is 7.96. The minimum Gasteiger partial charge on any atom is -0.311 e. The number of benzene rings is 9. The summed E-state index contributed by atoms with van der Waals surface area (Å²) in [6, 6.07) is 77.3. The average molecular weight is 688 g/mol. The molecule has 9 aromatic carbocycles. The van der Waals surface area contributed by atoms with Crippen LogP contribution in [0.5, 0.6) is 0 Å². The van der Waals surface area contributed by atoms with Gasteiger partial charge >= 0.3 is 0 Å². The Bertz CT molecular complexity index is 2750. The highest BCUT2D eigenvalue weighted by Crippen LogP contribution is 2.46. The van der Waals surface area contributed by atoms with E-state index in [1.54, 1.807) is 0 Å². The number of hydrogen-bond donors (Lipinski definition) is 0. The third-order valence-electron chi connectivity index (χ3n) is 10.9. The maximum Gasteiger partial charge on any atom is 0.0462 e. The molecule has 1 heteroatoms. The number of rotatable bonds is 7. The lowest BCUT2D eigenvalue weighted by atomic mass is 9.88. The monoisotopic (exact) mass is 687 g/mol. The standard InChI is InChI=1S/C53H37N/c1-3-11-37(12-4-1)39-21-27-46(28-22-39)54(47-29-23-40(24-30-47)44-20-19-38-13-7-8-16-43(38)35-44)48-31-25-41(26-32-48)50-33-34-51-49-18-10-9-17-45(49)36-52(51)53(50)42-14-5-2-6-15-42/h1-35H,36H2. The molecule has 0 saturated carbocycles. The lowest BCUT2D eigenvalue weighted by molar-refractivity contribution is 1.26. The zero-order valence-corrected chi connectivity index (χ0v) is 29.9. The third-order valence-corrected chi connectivity index (χ3v) is 10.9. The van der Waals surface area contributed by atoms with Crippen LogP contribution in [-0.2, 0) is 6.42 Å². The molecule has 0 atom stereocenters. The molecule has 10 rings (SSSR count). The maximum atomic E-state index is 2.36. The first-order valence-electron chi connectivity index (χ1n) is 18.7. The van der Waals surface area contributed by atoms with Crippen molar-refractivity contribution >= 4 is 27.8 Å². The lowest BCUT2D eigenvalue weighted by Gasteiger charge is -2.26. The van der Waals surface area contributed by atoms with Gasteiger partial charge < -0.3 is 4.90 Å². The highest BCUT2D eigenvalue weighted by atomic mass is 15.1. The van der Waals surface area contributed by atoms with Gasteiger partial charge in [0.05, 0.1) is 0 Å². The number of nitrogens with zero attached hydrogens (tertiary/aromatic N) is 1. The molecule has 0 aliphatic heterocycles. The first-order valence-corrected chi connectivity index (χ1v) is 18.7. The van der Waals surface area contributed by atoms with Crippen LogP contribution in [0, 0.1) is 0 Å². The Morgan fingerprint density at radius 2 is 0.778 bits per heavy atom. The molecule has 0 bridgehead atoms. The Balaban J connectivity index is 1.05. The van der Waals surface area contributed by atoms with Gasteiger partial charge in [0.25, 0.3) is 0 Å². The van der Waals surface area contributed by atoms with Crippen LogP contribution in [0.15, 0.2) is 212 Å². The molecule has 0 aromatic heterocycles. The maximum absolute atomic E-state index is 2.36. The molecule has 1 aliphatic rings. The summed E-state index contributed by atoms with van der Waals surface area (Å²) < 4.78 is 0. The summed E-state index contributed by atoms with van der Waals surface area (Å²) in [5.41, 5.74) is 18.7. The van der Waals surface area contributed by atoms with Gasteiger partial charge in [0.15, 0.2) is 0 Å². The molecule has 0 heterocycles. The van der Waals surface area contributed by atoms with Crippen LogP contribution in [-0.4, -0.2) is 0 Å². The molecule has 0 fully saturated rings. The van der Waals surface area contributed by atoms with Crippen molar-refractivity contribution < 1.29 is 0 Å². The van der Waals surface area contributed by atoms with Crippen LogP contribution in [0.2, 0.25) is 0 Å². The smallest absolute Gasteiger partial charge is 0.0462 e. The quantitative estimate of drug-likeness (QED) is 0.161. The zero-order valence-electron chi connectivity index (χ0n) is 29.9. The van der Waals surface area contributed by atoms with Gasteiger partial charge in [-0.2, -0.15) is 0 Å². The number of hydrogen-bond acceptors (Lipinski definition) is 1. The van der Waals surface area contributed by atoms with Gasteiger partial charge in [0.2, 0.25) is 0 Å². The van der Waals surface area contributed by atoms with E-state index in [-0.39, 0.29) is 0 Å². The fraction of sp³-hybridized carbons (Fsp3) is 0.0189. The van der Waals surface area contributed by atoms with Crippen LogP contribution in [0.3, 0.4) is 0 Å².